The Hall–Kier alpha value is -0.0700. The quantitative estimate of drug-likeness (QED) is 0.567. The van der Waals surface area contributed by atoms with Crippen molar-refractivity contribution in [1.82, 2.24) is 0 Å². The van der Waals surface area contributed by atoms with Gasteiger partial charge in [0.15, 0.2) is 0 Å². The van der Waals surface area contributed by atoms with E-state index in [1.54, 1.807) is 0 Å². The van der Waals surface area contributed by atoms with Crippen LogP contribution in [0.2, 0.25) is 0 Å². The lowest BCUT2D eigenvalue weighted by Crippen LogP contribution is -2.12. The molecule has 0 bridgehead atoms. The Morgan fingerprint density at radius 3 is 2.60 bits per heavy atom. The van der Waals surface area contributed by atoms with Gasteiger partial charge < -0.3 is 0 Å². The molecular weight excluding hydrogens is 127 g/mol. The third-order valence-corrected chi connectivity index (χ3v) is 2.56. The average molecular weight is 144 g/mol. The van der Waals surface area contributed by atoms with Crippen molar-refractivity contribution in [2.45, 2.75) is 51.6 Å². The van der Waals surface area contributed by atoms with Gasteiger partial charge in [0.1, 0.15) is 0 Å². The van der Waals surface area contributed by atoms with Crippen LogP contribution in [-0.2, 0) is 0 Å². The maximum absolute atomic E-state index is 12.7. The minimum absolute atomic E-state index is 0.527. The molecule has 0 aromatic carbocycles. The zero-order valence-electron chi connectivity index (χ0n) is 6.78. The van der Waals surface area contributed by atoms with E-state index < -0.39 is 6.17 Å². The summed E-state index contributed by atoms with van der Waals surface area (Å²) in [6.07, 6.45) is 6.21. The molecule has 0 N–H and O–H groups in total. The lowest BCUT2D eigenvalue weighted by atomic mass is 9.81. The molecule has 1 saturated carbocycles. The summed E-state index contributed by atoms with van der Waals surface area (Å²) in [6.45, 7) is 1.92. The van der Waals surface area contributed by atoms with E-state index in [-0.39, 0.29) is 0 Å². The van der Waals surface area contributed by atoms with E-state index in [2.05, 4.69) is 0 Å². The molecule has 1 aliphatic rings. The largest absolute Gasteiger partial charge is 0.248 e. The highest BCUT2D eigenvalue weighted by Crippen LogP contribution is 2.31. The molecule has 1 aliphatic carbocycles. The molecule has 0 aliphatic heterocycles. The standard InChI is InChI=1S/C9H17F/c1-2-9(10)7-6-8-4-3-5-8/h8-9H,2-7H2,1H3. The minimum atomic E-state index is -0.527. The molecule has 0 aromatic rings. The smallest absolute Gasteiger partial charge is 0.0999 e. The fraction of sp³-hybridized carbons (Fsp3) is 1.00. The van der Waals surface area contributed by atoms with Crippen molar-refractivity contribution in [2.24, 2.45) is 5.92 Å². The average Bonchev–Trinajstić information content (AvgIpc) is 1.84. The van der Waals surface area contributed by atoms with Gasteiger partial charge in [-0.2, -0.15) is 0 Å². The van der Waals surface area contributed by atoms with Crippen LogP contribution in [0.5, 0.6) is 0 Å². The first-order valence-corrected chi connectivity index (χ1v) is 4.47. The van der Waals surface area contributed by atoms with Gasteiger partial charge in [-0.15, -0.1) is 0 Å². The highest BCUT2D eigenvalue weighted by molar-refractivity contribution is 4.70. The topological polar surface area (TPSA) is 0 Å². The molecule has 1 rings (SSSR count). The molecule has 1 atom stereocenters. The summed E-state index contributed by atoms with van der Waals surface area (Å²) in [5.41, 5.74) is 0. The Balaban J connectivity index is 1.93. The van der Waals surface area contributed by atoms with Crippen LogP contribution in [0, 0.1) is 5.92 Å². The number of hydrogen-bond donors (Lipinski definition) is 0. The molecule has 10 heavy (non-hydrogen) atoms. The maximum atomic E-state index is 12.7. The van der Waals surface area contributed by atoms with Crippen LogP contribution in [0.4, 0.5) is 4.39 Å². The van der Waals surface area contributed by atoms with Crippen LogP contribution in [-0.4, -0.2) is 6.17 Å². The molecule has 0 spiro atoms. The molecule has 0 nitrogen and oxygen atoms in total. The molecule has 1 fully saturated rings. The Morgan fingerprint density at radius 2 is 2.20 bits per heavy atom. The summed E-state index contributed by atoms with van der Waals surface area (Å²) < 4.78 is 12.7. The molecule has 0 amide bonds. The maximum Gasteiger partial charge on any atom is 0.0999 e. The lowest BCUT2D eigenvalue weighted by Gasteiger charge is -2.25. The van der Waals surface area contributed by atoms with Crippen LogP contribution in [0.15, 0.2) is 0 Å². The van der Waals surface area contributed by atoms with Crippen molar-refractivity contribution in [3.05, 3.63) is 0 Å². The van der Waals surface area contributed by atoms with Crippen LogP contribution in [0.1, 0.15) is 45.4 Å². The Morgan fingerprint density at radius 1 is 1.50 bits per heavy atom. The summed E-state index contributed by atoms with van der Waals surface area (Å²) in [4.78, 5) is 0. The highest BCUT2D eigenvalue weighted by atomic mass is 19.1. The first-order valence-electron chi connectivity index (χ1n) is 4.47. The Bertz CT molecular complexity index is 82.0. The third kappa shape index (κ3) is 2.28. The zero-order chi connectivity index (χ0) is 7.40. The van der Waals surface area contributed by atoms with E-state index in [9.17, 15) is 4.39 Å². The van der Waals surface area contributed by atoms with Gasteiger partial charge in [0.2, 0.25) is 0 Å². The van der Waals surface area contributed by atoms with Gasteiger partial charge in [0.25, 0.3) is 0 Å². The number of halogens is 1. The number of alkyl halides is 1. The second kappa shape index (κ2) is 3.95. The Kier molecular flexibility index (Phi) is 3.17. The van der Waals surface area contributed by atoms with E-state index in [1.165, 1.54) is 19.3 Å². The van der Waals surface area contributed by atoms with E-state index in [0.29, 0.717) is 6.42 Å². The van der Waals surface area contributed by atoms with Crippen LogP contribution >= 0.6 is 0 Å². The molecule has 0 radical (unpaired) electrons. The van der Waals surface area contributed by atoms with Gasteiger partial charge in [0.05, 0.1) is 6.17 Å². The minimum Gasteiger partial charge on any atom is -0.248 e. The second-order valence-electron chi connectivity index (χ2n) is 3.38. The van der Waals surface area contributed by atoms with Crippen LogP contribution in [0.3, 0.4) is 0 Å². The SMILES string of the molecule is CCC(F)CCC1CCC1. The molecular formula is C9H17F. The molecule has 0 aromatic heterocycles. The number of hydrogen-bond acceptors (Lipinski definition) is 0. The molecule has 0 saturated heterocycles. The number of rotatable bonds is 4. The highest BCUT2D eigenvalue weighted by Gasteiger charge is 2.18. The van der Waals surface area contributed by atoms with Gasteiger partial charge in [-0.05, 0) is 25.2 Å². The van der Waals surface area contributed by atoms with Crippen molar-refractivity contribution in [3.63, 3.8) is 0 Å². The normalized spacial score (nSPS) is 22.2. The Labute approximate surface area is 62.8 Å². The predicted octanol–water partition coefficient (Wildman–Crippen LogP) is 3.31. The summed E-state index contributed by atoms with van der Waals surface area (Å²) >= 11 is 0. The lowest BCUT2D eigenvalue weighted by molar-refractivity contribution is 0.233. The first-order chi connectivity index (χ1) is 4.83. The fourth-order valence-corrected chi connectivity index (χ4v) is 1.40. The van der Waals surface area contributed by atoms with Crippen LogP contribution in [0.25, 0.3) is 0 Å². The van der Waals surface area contributed by atoms with Crippen molar-refractivity contribution in [1.29, 1.82) is 0 Å². The van der Waals surface area contributed by atoms with Crippen molar-refractivity contribution in [3.8, 4) is 0 Å². The van der Waals surface area contributed by atoms with E-state index in [0.717, 1.165) is 18.8 Å². The molecule has 0 heterocycles. The van der Waals surface area contributed by atoms with E-state index >= 15 is 0 Å². The summed E-state index contributed by atoms with van der Waals surface area (Å²) in [6, 6.07) is 0. The third-order valence-electron chi connectivity index (χ3n) is 2.56. The van der Waals surface area contributed by atoms with E-state index in [1.807, 2.05) is 6.92 Å². The van der Waals surface area contributed by atoms with Gasteiger partial charge in [-0.3, -0.25) is 0 Å². The fourth-order valence-electron chi connectivity index (χ4n) is 1.40. The van der Waals surface area contributed by atoms with Crippen LogP contribution < -0.4 is 0 Å². The van der Waals surface area contributed by atoms with Crippen molar-refractivity contribution < 1.29 is 4.39 Å². The van der Waals surface area contributed by atoms with Gasteiger partial charge in [-0.1, -0.05) is 26.2 Å². The molecule has 60 valence electrons. The second-order valence-corrected chi connectivity index (χ2v) is 3.38. The van der Waals surface area contributed by atoms with E-state index in [4.69, 9.17) is 0 Å². The van der Waals surface area contributed by atoms with Gasteiger partial charge >= 0.3 is 0 Å². The monoisotopic (exact) mass is 144 g/mol. The van der Waals surface area contributed by atoms with Gasteiger partial charge in [-0.25, -0.2) is 4.39 Å². The first kappa shape index (κ1) is 8.03. The summed E-state index contributed by atoms with van der Waals surface area (Å²) in [5, 5.41) is 0. The molecule has 1 unspecified atom stereocenters. The van der Waals surface area contributed by atoms with Gasteiger partial charge in [0, 0.05) is 0 Å². The van der Waals surface area contributed by atoms with Crippen molar-refractivity contribution in [2.75, 3.05) is 0 Å². The van der Waals surface area contributed by atoms with Crippen molar-refractivity contribution >= 4 is 0 Å². The predicted molar refractivity (Wildman–Crippen MR) is 41.8 cm³/mol. The summed E-state index contributed by atoms with van der Waals surface area (Å²) in [7, 11) is 0. The summed E-state index contributed by atoms with van der Waals surface area (Å²) in [5.74, 6) is 0.879. The molecule has 1 heteroatoms. The zero-order valence-corrected chi connectivity index (χ0v) is 6.78.